The topological polar surface area (TPSA) is 50.4 Å². The van der Waals surface area contributed by atoms with Gasteiger partial charge in [-0.15, -0.1) is 12.4 Å². The lowest BCUT2D eigenvalue weighted by Crippen LogP contribution is -2.46. The van der Waals surface area contributed by atoms with Crippen LogP contribution >= 0.6 is 12.4 Å². The van der Waals surface area contributed by atoms with Crippen molar-refractivity contribution in [2.24, 2.45) is 5.92 Å². The standard InChI is InChI=1S/C12H22N2O2.ClH/c15-12(8-10-3-6-16-7-4-10)14-11-2-1-5-13-9-11;/h10-11,13H,1-9H2,(H,14,15);1H/t11-;/m0./s1. The second-order valence-electron chi connectivity index (χ2n) is 4.87. The molecule has 0 bridgehead atoms. The number of halogens is 1. The Bertz CT molecular complexity index is 205. The van der Waals surface area contributed by atoms with E-state index in [-0.39, 0.29) is 18.3 Å². The van der Waals surface area contributed by atoms with E-state index in [0.717, 1.165) is 45.6 Å². The number of nitrogens with one attached hydrogen (secondary N) is 2. The van der Waals surface area contributed by atoms with Gasteiger partial charge >= 0.3 is 0 Å². The van der Waals surface area contributed by atoms with Gasteiger partial charge in [0, 0.05) is 32.2 Å². The fourth-order valence-corrected chi connectivity index (χ4v) is 2.47. The fourth-order valence-electron chi connectivity index (χ4n) is 2.47. The monoisotopic (exact) mass is 262 g/mol. The summed E-state index contributed by atoms with van der Waals surface area (Å²) in [6, 6.07) is 0.348. The summed E-state index contributed by atoms with van der Waals surface area (Å²) in [5.74, 6) is 0.755. The first-order chi connectivity index (χ1) is 7.84. The van der Waals surface area contributed by atoms with Gasteiger partial charge in [-0.05, 0) is 38.1 Å². The largest absolute Gasteiger partial charge is 0.381 e. The average molecular weight is 263 g/mol. The second-order valence-corrected chi connectivity index (χ2v) is 4.87. The molecular formula is C12H23ClN2O2. The van der Waals surface area contributed by atoms with Crippen LogP contribution in [0.2, 0.25) is 0 Å². The molecule has 2 aliphatic rings. The number of hydrogen-bond donors (Lipinski definition) is 2. The summed E-state index contributed by atoms with van der Waals surface area (Å²) in [4.78, 5) is 11.8. The van der Waals surface area contributed by atoms with Gasteiger partial charge in [-0.3, -0.25) is 4.79 Å². The first-order valence-electron chi connectivity index (χ1n) is 6.42. The molecule has 2 heterocycles. The molecule has 4 nitrogen and oxygen atoms in total. The summed E-state index contributed by atoms with van der Waals surface area (Å²) in [5.41, 5.74) is 0. The molecule has 1 atom stereocenters. The lowest BCUT2D eigenvalue weighted by atomic mass is 9.96. The van der Waals surface area contributed by atoms with Crippen LogP contribution in [0.15, 0.2) is 0 Å². The zero-order valence-electron chi connectivity index (χ0n) is 10.2. The van der Waals surface area contributed by atoms with E-state index in [2.05, 4.69) is 10.6 Å². The van der Waals surface area contributed by atoms with Crippen LogP contribution in [0.5, 0.6) is 0 Å². The molecule has 0 radical (unpaired) electrons. The van der Waals surface area contributed by atoms with Crippen molar-refractivity contribution in [1.29, 1.82) is 0 Å². The summed E-state index contributed by atoms with van der Waals surface area (Å²) in [7, 11) is 0. The van der Waals surface area contributed by atoms with E-state index in [0.29, 0.717) is 18.4 Å². The predicted octanol–water partition coefficient (Wildman–Crippen LogP) is 1.09. The van der Waals surface area contributed by atoms with Crippen molar-refractivity contribution in [2.75, 3.05) is 26.3 Å². The SMILES string of the molecule is Cl.O=C(CC1CCOCC1)N[C@H]1CCCNC1. The highest BCUT2D eigenvalue weighted by Crippen LogP contribution is 2.18. The van der Waals surface area contributed by atoms with E-state index in [1.807, 2.05) is 0 Å². The third-order valence-electron chi connectivity index (χ3n) is 3.48. The predicted molar refractivity (Wildman–Crippen MR) is 69.4 cm³/mol. The smallest absolute Gasteiger partial charge is 0.220 e. The van der Waals surface area contributed by atoms with E-state index < -0.39 is 0 Å². The lowest BCUT2D eigenvalue weighted by Gasteiger charge is -2.26. The first kappa shape index (κ1) is 14.7. The van der Waals surface area contributed by atoms with Crippen molar-refractivity contribution in [3.05, 3.63) is 0 Å². The number of hydrogen-bond acceptors (Lipinski definition) is 3. The molecule has 0 unspecified atom stereocenters. The molecule has 2 saturated heterocycles. The Labute approximate surface area is 109 Å². The highest BCUT2D eigenvalue weighted by atomic mass is 35.5. The summed E-state index contributed by atoms with van der Waals surface area (Å²) in [5, 5.41) is 6.43. The minimum absolute atomic E-state index is 0. The zero-order chi connectivity index (χ0) is 11.2. The highest BCUT2D eigenvalue weighted by molar-refractivity contribution is 5.85. The molecule has 5 heteroatoms. The molecule has 17 heavy (non-hydrogen) atoms. The van der Waals surface area contributed by atoms with Gasteiger partial charge in [0.05, 0.1) is 0 Å². The average Bonchev–Trinajstić information content (AvgIpc) is 2.31. The van der Waals surface area contributed by atoms with E-state index >= 15 is 0 Å². The molecule has 0 aromatic heterocycles. The number of carbonyl (C=O) groups is 1. The minimum atomic E-state index is 0. The number of ether oxygens (including phenoxy) is 1. The maximum atomic E-state index is 11.8. The van der Waals surface area contributed by atoms with Gasteiger partial charge in [-0.25, -0.2) is 0 Å². The highest BCUT2D eigenvalue weighted by Gasteiger charge is 2.20. The number of piperidine rings is 1. The molecule has 100 valence electrons. The number of amides is 1. The Balaban J connectivity index is 0.00000144. The van der Waals surface area contributed by atoms with Crippen LogP contribution in [-0.4, -0.2) is 38.3 Å². The Kier molecular flexibility index (Phi) is 6.85. The molecule has 0 spiro atoms. The van der Waals surface area contributed by atoms with Crippen molar-refractivity contribution in [3.8, 4) is 0 Å². The van der Waals surface area contributed by atoms with Crippen molar-refractivity contribution < 1.29 is 9.53 Å². The Morgan fingerprint density at radius 2 is 2.06 bits per heavy atom. The molecule has 2 fully saturated rings. The molecular weight excluding hydrogens is 240 g/mol. The maximum Gasteiger partial charge on any atom is 0.220 e. The van der Waals surface area contributed by atoms with Crippen molar-refractivity contribution in [3.63, 3.8) is 0 Å². The molecule has 0 aromatic rings. The van der Waals surface area contributed by atoms with Gasteiger partial charge in [0.15, 0.2) is 0 Å². The van der Waals surface area contributed by atoms with Crippen LogP contribution in [0.3, 0.4) is 0 Å². The van der Waals surface area contributed by atoms with Gasteiger partial charge < -0.3 is 15.4 Å². The van der Waals surface area contributed by atoms with Crippen LogP contribution in [0, 0.1) is 5.92 Å². The van der Waals surface area contributed by atoms with Gasteiger partial charge in [0.1, 0.15) is 0 Å². The first-order valence-corrected chi connectivity index (χ1v) is 6.42. The van der Waals surface area contributed by atoms with Gasteiger partial charge in [0.25, 0.3) is 0 Å². The Hall–Kier alpha value is -0.320. The molecule has 0 aromatic carbocycles. The van der Waals surface area contributed by atoms with Gasteiger partial charge in [-0.1, -0.05) is 0 Å². The zero-order valence-corrected chi connectivity index (χ0v) is 11.1. The quantitative estimate of drug-likeness (QED) is 0.801. The Morgan fingerprint density at radius 1 is 1.29 bits per heavy atom. The van der Waals surface area contributed by atoms with Crippen molar-refractivity contribution in [2.45, 2.75) is 38.1 Å². The summed E-state index contributed by atoms with van der Waals surface area (Å²) in [6.07, 6.45) is 5.04. The second kappa shape index (κ2) is 7.90. The summed E-state index contributed by atoms with van der Waals surface area (Å²) in [6.45, 7) is 3.66. The minimum Gasteiger partial charge on any atom is -0.381 e. The summed E-state index contributed by atoms with van der Waals surface area (Å²) < 4.78 is 5.29. The molecule has 0 saturated carbocycles. The number of rotatable bonds is 3. The molecule has 2 rings (SSSR count). The van der Waals surface area contributed by atoms with Crippen LogP contribution < -0.4 is 10.6 Å². The molecule has 2 aliphatic heterocycles. The van der Waals surface area contributed by atoms with E-state index in [9.17, 15) is 4.79 Å². The van der Waals surface area contributed by atoms with Crippen LogP contribution in [-0.2, 0) is 9.53 Å². The maximum absolute atomic E-state index is 11.8. The third kappa shape index (κ3) is 5.23. The van der Waals surface area contributed by atoms with Crippen molar-refractivity contribution >= 4 is 18.3 Å². The number of carbonyl (C=O) groups excluding carboxylic acids is 1. The van der Waals surface area contributed by atoms with Gasteiger partial charge in [0.2, 0.25) is 5.91 Å². The van der Waals surface area contributed by atoms with Gasteiger partial charge in [-0.2, -0.15) is 0 Å². The van der Waals surface area contributed by atoms with E-state index in [1.54, 1.807) is 0 Å². The third-order valence-corrected chi connectivity index (χ3v) is 3.48. The van der Waals surface area contributed by atoms with Crippen LogP contribution in [0.4, 0.5) is 0 Å². The normalized spacial score (nSPS) is 26.0. The Morgan fingerprint density at radius 3 is 2.71 bits per heavy atom. The fraction of sp³-hybridized carbons (Fsp3) is 0.917. The lowest BCUT2D eigenvalue weighted by molar-refractivity contribution is -0.123. The molecule has 1 amide bonds. The van der Waals surface area contributed by atoms with E-state index in [1.165, 1.54) is 6.42 Å². The molecule has 2 N–H and O–H groups in total. The van der Waals surface area contributed by atoms with Crippen molar-refractivity contribution in [1.82, 2.24) is 10.6 Å². The van der Waals surface area contributed by atoms with E-state index in [4.69, 9.17) is 4.74 Å². The van der Waals surface area contributed by atoms with Crippen LogP contribution in [0.1, 0.15) is 32.1 Å². The summed E-state index contributed by atoms with van der Waals surface area (Å²) >= 11 is 0. The van der Waals surface area contributed by atoms with Crippen LogP contribution in [0.25, 0.3) is 0 Å². The molecule has 0 aliphatic carbocycles.